The number of carbonyl (C=O) groups is 2. The van der Waals surface area contributed by atoms with Crippen molar-refractivity contribution in [3.05, 3.63) is 29.8 Å². The highest BCUT2D eigenvalue weighted by atomic mass is 16.2. The molecule has 6 heteroatoms. The number of benzene rings is 1. The van der Waals surface area contributed by atoms with Crippen LogP contribution >= 0.6 is 0 Å². The summed E-state index contributed by atoms with van der Waals surface area (Å²) in [7, 11) is 0. The number of rotatable bonds is 7. The molecule has 0 spiro atoms. The van der Waals surface area contributed by atoms with Crippen LogP contribution in [-0.4, -0.2) is 30.4 Å². The van der Waals surface area contributed by atoms with Gasteiger partial charge < -0.3 is 5.73 Å². The summed E-state index contributed by atoms with van der Waals surface area (Å²) in [6.07, 6.45) is 3.09. The Morgan fingerprint density at radius 1 is 1.35 bits per heavy atom. The zero-order valence-corrected chi connectivity index (χ0v) is 13.8. The van der Waals surface area contributed by atoms with Gasteiger partial charge in [-0.3, -0.25) is 19.9 Å². The molecule has 2 atom stereocenters. The highest BCUT2D eigenvalue weighted by Gasteiger charge is 2.39. The number of fused-ring (bicyclic) bond motifs is 1. The molecule has 1 aromatic carbocycles. The molecule has 1 aliphatic rings. The van der Waals surface area contributed by atoms with Crippen LogP contribution in [-0.2, 0) is 16.0 Å². The summed E-state index contributed by atoms with van der Waals surface area (Å²) in [5.74, 6) is -0.403. The molecule has 1 aromatic rings. The number of hydrogen-bond donors (Lipinski definition) is 3. The largest absolute Gasteiger partial charge is 0.320 e. The smallest absolute Gasteiger partial charge is 0.257 e. The van der Waals surface area contributed by atoms with Gasteiger partial charge in [-0.05, 0) is 24.5 Å². The predicted octanol–water partition coefficient (Wildman–Crippen LogP) is 1.10. The quantitative estimate of drug-likeness (QED) is 0.519. The molecule has 1 aliphatic heterocycles. The van der Waals surface area contributed by atoms with E-state index in [4.69, 9.17) is 5.73 Å². The maximum Gasteiger partial charge on any atom is 0.257 e. The Hall–Kier alpha value is -1.92. The minimum atomic E-state index is -0.593. The van der Waals surface area contributed by atoms with E-state index in [0.717, 1.165) is 24.1 Å². The lowest BCUT2D eigenvalue weighted by molar-refractivity contribution is -0.127. The molecule has 0 bridgehead atoms. The van der Waals surface area contributed by atoms with Gasteiger partial charge in [0.15, 0.2) is 0 Å². The molecule has 0 radical (unpaired) electrons. The monoisotopic (exact) mass is 318 g/mol. The maximum atomic E-state index is 12.6. The third-order valence-corrected chi connectivity index (χ3v) is 4.14. The zero-order valence-electron chi connectivity index (χ0n) is 13.8. The number of hydrazine groups is 1. The third kappa shape index (κ3) is 3.89. The Bertz CT molecular complexity index is 561. The second-order valence-electron chi connectivity index (χ2n) is 5.84. The summed E-state index contributed by atoms with van der Waals surface area (Å²) in [6, 6.07) is 6.46. The van der Waals surface area contributed by atoms with E-state index in [1.54, 1.807) is 4.90 Å². The van der Waals surface area contributed by atoms with Crippen molar-refractivity contribution >= 4 is 17.5 Å². The predicted molar refractivity (Wildman–Crippen MR) is 90.7 cm³/mol. The summed E-state index contributed by atoms with van der Waals surface area (Å²) in [5, 5.41) is 0. The number of nitrogens with two attached hydrogens (primary N) is 1. The lowest BCUT2D eigenvalue weighted by Gasteiger charge is -2.27. The average Bonchev–Trinajstić information content (AvgIpc) is 2.96. The molecule has 6 nitrogen and oxygen atoms in total. The average molecular weight is 318 g/mol. The molecule has 0 saturated carbocycles. The van der Waals surface area contributed by atoms with Crippen LogP contribution in [0, 0.1) is 0 Å². The van der Waals surface area contributed by atoms with E-state index >= 15 is 0 Å². The van der Waals surface area contributed by atoms with Gasteiger partial charge in [-0.2, -0.15) is 0 Å². The standard InChI is InChI=1S/C17H26N4O2/c1-3-5-10-19-20-16(22)15-11-12-8-6-7-9-14(12)21(15)17(23)13(18)4-2/h6-9,13,15,19H,3-5,10-11,18H2,1-2H3,(H,20,22)/t13?,15-/m0/s1. The fourth-order valence-electron chi connectivity index (χ4n) is 2.72. The lowest BCUT2D eigenvalue weighted by Crippen LogP contribution is -2.55. The first-order valence-electron chi connectivity index (χ1n) is 8.29. The molecule has 23 heavy (non-hydrogen) atoms. The fourth-order valence-corrected chi connectivity index (χ4v) is 2.72. The van der Waals surface area contributed by atoms with E-state index in [2.05, 4.69) is 17.8 Å². The second kappa shape index (κ2) is 8.08. The molecule has 1 unspecified atom stereocenters. The number of hydrogen-bond acceptors (Lipinski definition) is 4. The number of anilines is 1. The van der Waals surface area contributed by atoms with E-state index in [-0.39, 0.29) is 11.8 Å². The van der Waals surface area contributed by atoms with Crippen LogP contribution in [0.25, 0.3) is 0 Å². The van der Waals surface area contributed by atoms with Gasteiger partial charge in [0.1, 0.15) is 6.04 Å². The number of carbonyl (C=O) groups excluding carboxylic acids is 2. The summed E-state index contributed by atoms with van der Waals surface area (Å²) in [4.78, 5) is 26.7. The minimum Gasteiger partial charge on any atom is -0.320 e. The van der Waals surface area contributed by atoms with E-state index in [1.807, 2.05) is 31.2 Å². The van der Waals surface area contributed by atoms with Crippen molar-refractivity contribution in [2.24, 2.45) is 5.73 Å². The molecule has 4 N–H and O–H groups in total. The summed E-state index contributed by atoms with van der Waals surface area (Å²) < 4.78 is 0. The van der Waals surface area contributed by atoms with Gasteiger partial charge in [0.05, 0.1) is 6.04 Å². The summed E-state index contributed by atoms with van der Waals surface area (Å²) >= 11 is 0. The normalized spacial score (nSPS) is 17.7. The van der Waals surface area contributed by atoms with E-state index in [0.29, 0.717) is 19.4 Å². The first-order valence-corrected chi connectivity index (χ1v) is 8.29. The summed E-state index contributed by atoms with van der Waals surface area (Å²) in [5.41, 5.74) is 13.3. The molecule has 0 saturated heterocycles. The van der Waals surface area contributed by atoms with Gasteiger partial charge in [-0.1, -0.05) is 38.5 Å². The molecule has 0 aliphatic carbocycles. The minimum absolute atomic E-state index is 0.200. The fraction of sp³-hybridized carbons (Fsp3) is 0.529. The van der Waals surface area contributed by atoms with Crippen LogP contribution in [0.2, 0.25) is 0 Å². The molecule has 2 amide bonds. The Morgan fingerprint density at radius 2 is 2.09 bits per heavy atom. The second-order valence-corrected chi connectivity index (χ2v) is 5.84. The van der Waals surface area contributed by atoms with Crippen molar-refractivity contribution in [1.29, 1.82) is 0 Å². The van der Waals surface area contributed by atoms with Crippen LogP contribution in [0.4, 0.5) is 5.69 Å². The van der Waals surface area contributed by atoms with Crippen LogP contribution in [0.1, 0.15) is 38.7 Å². The third-order valence-electron chi connectivity index (χ3n) is 4.14. The van der Waals surface area contributed by atoms with Gasteiger partial charge in [0.2, 0.25) is 5.91 Å². The zero-order chi connectivity index (χ0) is 16.8. The maximum absolute atomic E-state index is 12.6. The SMILES string of the molecule is CCCCNNC(=O)[C@@H]1Cc2ccccc2N1C(=O)C(N)CC. The topological polar surface area (TPSA) is 87.5 Å². The van der Waals surface area contributed by atoms with Crippen molar-refractivity contribution in [3.63, 3.8) is 0 Å². The lowest BCUT2D eigenvalue weighted by atomic mass is 10.1. The first-order chi connectivity index (χ1) is 11.1. The van der Waals surface area contributed by atoms with Crippen molar-refractivity contribution in [3.8, 4) is 0 Å². The highest BCUT2D eigenvalue weighted by molar-refractivity contribution is 6.05. The first kappa shape index (κ1) is 17.4. The molecular weight excluding hydrogens is 292 g/mol. The van der Waals surface area contributed by atoms with Crippen LogP contribution in [0.3, 0.4) is 0 Å². The Morgan fingerprint density at radius 3 is 2.78 bits per heavy atom. The Balaban J connectivity index is 2.15. The van der Waals surface area contributed by atoms with Gasteiger partial charge in [0, 0.05) is 18.7 Å². The van der Waals surface area contributed by atoms with E-state index < -0.39 is 12.1 Å². The summed E-state index contributed by atoms with van der Waals surface area (Å²) in [6.45, 7) is 4.67. The van der Waals surface area contributed by atoms with Crippen molar-refractivity contribution in [1.82, 2.24) is 10.9 Å². The number of unbranched alkanes of at least 4 members (excludes halogenated alkanes) is 1. The van der Waals surface area contributed by atoms with Crippen molar-refractivity contribution in [2.75, 3.05) is 11.4 Å². The van der Waals surface area contributed by atoms with Gasteiger partial charge in [-0.25, -0.2) is 5.43 Å². The molecule has 0 aromatic heterocycles. The van der Waals surface area contributed by atoms with Crippen LogP contribution in [0.5, 0.6) is 0 Å². The number of amides is 2. The molecular formula is C17H26N4O2. The van der Waals surface area contributed by atoms with Crippen LogP contribution in [0.15, 0.2) is 24.3 Å². The van der Waals surface area contributed by atoms with Crippen molar-refractivity contribution in [2.45, 2.75) is 51.6 Å². The van der Waals surface area contributed by atoms with Crippen molar-refractivity contribution < 1.29 is 9.59 Å². The van der Waals surface area contributed by atoms with Crippen LogP contribution < -0.4 is 21.5 Å². The molecule has 1 heterocycles. The van der Waals surface area contributed by atoms with Gasteiger partial charge in [0.25, 0.3) is 5.91 Å². The molecule has 0 fully saturated rings. The number of nitrogens with one attached hydrogen (secondary N) is 2. The molecule has 126 valence electrons. The van der Waals surface area contributed by atoms with Gasteiger partial charge >= 0.3 is 0 Å². The highest BCUT2D eigenvalue weighted by Crippen LogP contribution is 2.32. The Kier molecular flexibility index (Phi) is 6.12. The molecule has 2 rings (SSSR count). The Labute approximate surface area is 137 Å². The van der Waals surface area contributed by atoms with E-state index in [9.17, 15) is 9.59 Å². The van der Waals surface area contributed by atoms with E-state index in [1.165, 1.54) is 0 Å². The van der Waals surface area contributed by atoms with Gasteiger partial charge in [-0.15, -0.1) is 0 Å². The number of nitrogens with zero attached hydrogens (tertiary/aromatic N) is 1. The number of para-hydroxylation sites is 1.